The van der Waals surface area contributed by atoms with E-state index in [9.17, 15) is 18.0 Å². The number of alkyl halides is 3. The minimum atomic E-state index is -4.64. The molecule has 2 aromatic heterocycles. The molecular weight excluding hydrogens is 485 g/mol. The van der Waals surface area contributed by atoms with Gasteiger partial charge in [0, 0.05) is 22.5 Å². The molecule has 8 nitrogen and oxygen atoms in total. The molecule has 0 bridgehead atoms. The SMILES string of the molecule is C=C(CCc1nnc([C@H]2C[C@@H](OC(F)(F)F)C2)o1)NC(=O)c1nc2cc(Br)ccc2o1. The van der Waals surface area contributed by atoms with Crippen LogP contribution in [0, 0.1) is 0 Å². The van der Waals surface area contributed by atoms with Crippen molar-refractivity contribution < 1.29 is 31.5 Å². The van der Waals surface area contributed by atoms with Crippen molar-refractivity contribution >= 4 is 32.9 Å². The van der Waals surface area contributed by atoms with Crippen LogP contribution in [0.25, 0.3) is 11.1 Å². The number of aromatic nitrogens is 3. The maximum atomic E-state index is 12.3. The summed E-state index contributed by atoms with van der Waals surface area (Å²) < 4.78 is 52.3. The van der Waals surface area contributed by atoms with E-state index in [0.717, 1.165) is 4.47 Å². The number of halogens is 4. The Hall–Kier alpha value is -2.73. The number of rotatable bonds is 7. The molecular formula is C19H16BrF3N4O4. The number of ether oxygens (including phenoxy) is 1. The van der Waals surface area contributed by atoms with Gasteiger partial charge in [0.05, 0.1) is 6.10 Å². The lowest BCUT2D eigenvalue weighted by atomic mass is 9.82. The molecule has 1 saturated carbocycles. The fourth-order valence-corrected chi connectivity index (χ4v) is 3.47. The Morgan fingerprint density at radius 2 is 2.06 bits per heavy atom. The van der Waals surface area contributed by atoms with Gasteiger partial charge in [-0.05, 0) is 37.5 Å². The zero-order valence-corrected chi connectivity index (χ0v) is 17.5. The van der Waals surface area contributed by atoms with E-state index in [-0.39, 0.29) is 30.5 Å². The molecule has 2 heterocycles. The number of nitrogens with zero attached hydrogens (tertiary/aromatic N) is 3. The van der Waals surface area contributed by atoms with Crippen molar-refractivity contribution in [2.75, 3.05) is 0 Å². The quantitative estimate of drug-likeness (QED) is 0.504. The van der Waals surface area contributed by atoms with Gasteiger partial charge < -0.3 is 14.2 Å². The number of benzene rings is 1. The van der Waals surface area contributed by atoms with Gasteiger partial charge in [0.15, 0.2) is 5.58 Å². The maximum absolute atomic E-state index is 12.3. The highest BCUT2D eigenvalue weighted by Crippen LogP contribution is 2.40. The first kappa shape index (κ1) is 21.5. The van der Waals surface area contributed by atoms with Gasteiger partial charge >= 0.3 is 12.3 Å². The average molecular weight is 501 g/mol. The lowest BCUT2D eigenvalue weighted by Crippen LogP contribution is -2.34. The van der Waals surface area contributed by atoms with E-state index in [4.69, 9.17) is 8.83 Å². The smallest absolute Gasteiger partial charge is 0.432 e. The minimum Gasteiger partial charge on any atom is -0.432 e. The number of fused-ring (bicyclic) bond motifs is 1. The van der Waals surface area contributed by atoms with Gasteiger partial charge in [-0.15, -0.1) is 23.4 Å². The fraction of sp³-hybridized carbons (Fsp3) is 0.368. The van der Waals surface area contributed by atoms with Crippen LogP contribution in [0.1, 0.15) is 47.6 Å². The van der Waals surface area contributed by atoms with Gasteiger partial charge in [-0.3, -0.25) is 9.53 Å². The molecule has 0 spiro atoms. The highest BCUT2D eigenvalue weighted by Gasteiger charge is 2.42. The second kappa shape index (κ2) is 8.42. The fourth-order valence-electron chi connectivity index (χ4n) is 3.12. The molecule has 0 saturated heterocycles. The molecule has 12 heteroatoms. The van der Waals surface area contributed by atoms with E-state index >= 15 is 0 Å². The lowest BCUT2D eigenvalue weighted by molar-refractivity contribution is -0.352. The number of hydrogen-bond donors (Lipinski definition) is 1. The Morgan fingerprint density at radius 3 is 2.81 bits per heavy atom. The summed E-state index contributed by atoms with van der Waals surface area (Å²) in [6.45, 7) is 3.79. The van der Waals surface area contributed by atoms with Crippen molar-refractivity contribution in [1.82, 2.24) is 20.5 Å². The number of amides is 1. The van der Waals surface area contributed by atoms with Crippen molar-refractivity contribution in [3.05, 3.63) is 52.6 Å². The van der Waals surface area contributed by atoms with Crippen LogP contribution in [-0.4, -0.2) is 33.6 Å². The predicted molar refractivity (Wildman–Crippen MR) is 104 cm³/mol. The van der Waals surface area contributed by atoms with E-state index in [1.807, 2.05) is 0 Å². The number of allylic oxidation sites excluding steroid dienone is 1. The normalized spacial score (nSPS) is 18.7. The molecule has 4 rings (SSSR count). The Kier molecular flexibility index (Phi) is 5.84. The monoisotopic (exact) mass is 500 g/mol. The number of nitrogens with one attached hydrogen (secondary N) is 1. The Labute approximate surface area is 182 Å². The van der Waals surface area contributed by atoms with Crippen LogP contribution in [0.15, 0.2) is 43.8 Å². The predicted octanol–water partition coefficient (Wildman–Crippen LogP) is 4.63. The third kappa shape index (κ3) is 5.31. The molecule has 0 unspecified atom stereocenters. The molecule has 0 aliphatic heterocycles. The first-order valence-electron chi connectivity index (χ1n) is 9.28. The van der Waals surface area contributed by atoms with Crippen molar-refractivity contribution in [3.8, 4) is 0 Å². The molecule has 1 N–H and O–H groups in total. The lowest BCUT2D eigenvalue weighted by Gasteiger charge is -2.32. The van der Waals surface area contributed by atoms with Gasteiger partial charge in [-0.1, -0.05) is 22.5 Å². The summed E-state index contributed by atoms with van der Waals surface area (Å²) in [4.78, 5) is 16.4. The van der Waals surface area contributed by atoms with E-state index in [2.05, 4.69) is 47.7 Å². The standard InChI is InChI=1S/C19H16BrF3N4O4/c1-9(24-16(28)18-25-13-8-11(20)3-4-14(13)29-18)2-5-15-26-27-17(30-15)10-6-12(7-10)31-19(21,22)23/h3-4,8,10,12H,1-2,5-7H2,(H,24,28)/t10-,12+. The second-order valence-electron chi connectivity index (χ2n) is 7.08. The molecule has 1 aromatic carbocycles. The molecule has 31 heavy (non-hydrogen) atoms. The number of hydrogen-bond acceptors (Lipinski definition) is 7. The van der Waals surface area contributed by atoms with E-state index in [1.165, 1.54) is 0 Å². The largest absolute Gasteiger partial charge is 0.522 e. The molecule has 1 fully saturated rings. The van der Waals surface area contributed by atoms with Gasteiger partial charge in [0.2, 0.25) is 11.8 Å². The third-order valence-corrected chi connectivity index (χ3v) is 5.19. The van der Waals surface area contributed by atoms with E-state index < -0.39 is 18.4 Å². The third-order valence-electron chi connectivity index (χ3n) is 4.70. The van der Waals surface area contributed by atoms with E-state index in [0.29, 0.717) is 35.5 Å². The highest BCUT2D eigenvalue weighted by atomic mass is 79.9. The first-order valence-corrected chi connectivity index (χ1v) is 10.1. The molecule has 164 valence electrons. The van der Waals surface area contributed by atoms with Crippen LogP contribution in [-0.2, 0) is 11.2 Å². The van der Waals surface area contributed by atoms with Gasteiger partial charge in [0.1, 0.15) is 5.52 Å². The second-order valence-corrected chi connectivity index (χ2v) is 7.99. The topological polar surface area (TPSA) is 103 Å². The Morgan fingerprint density at radius 1 is 1.29 bits per heavy atom. The summed E-state index contributed by atoms with van der Waals surface area (Å²) >= 11 is 3.33. The molecule has 0 radical (unpaired) electrons. The molecule has 1 amide bonds. The highest BCUT2D eigenvalue weighted by molar-refractivity contribution is 9.10. The molecule has 3 aromatic rings. The van der Waals surface area contributed by atoms with Crippen LogP contribution in [0.5, 0.6) is 0 Å². The van der Waals surface area contributed by atoms with Gasteiger partial charge in [-0.2, -0.15) is 0 Å². The van der Waals surface area contributed by atoms with Crippen molar-refractivity contribution in [2.24, 2.45) is 0 Å². The Bertz CT molecular complexity index is 1120. The summed E-state index contributed by atoms with van der Waals surface area (Å²) in [5.74, 6) is -0.291. The summed E-state index contributed by atoms with van der Waals surface area (Å²) in [5.41, 5.74) is 1.43. The summed E-state index contributed by atoms with van der Waals surface area (Å²) in [5, 5.41) is 10.4. The zero-order chi connectivity index (χ0) is 22.2. The summed E-state index contributed by atoms with van der Waals surface area (Å²) in [6, 6.07) is 5.21. The molecule has 1 aliphatic rings. The van der Waals surface area contributed by atoms with Crippen LogP contribution < -0.4 is 5.32 Å². The van der Waals surface area contributed by atoms with Gasteiger partial charge in [-0.25, -0.2) is 4.98 Å². The summed E-state index contributed by atoms with van der Waals surface area (Å²) in [7, 11) is 0. The number of oxazole rings is 1. The number of aryl methyl sites for hydroxylation is 1. The maximum Gasteiger partial charge on any atom is 0.522 e. The first-order chi connectivity index (χ1) is 14.7. The number of carbonyl (C=O) groups is 1. The summed E-state index contributed by atoms with van der Waals surface area (Å²) in [6.07, 6.45) is -4.56. The van der Waals surface area contributed by atoms with Crippen molar-refractivity contribution in [2.45, 2.75) is 44.1 Å². The molecule has 1 aliphatic carbocycles. The Balaban J connectivity index is 1.25. The number of carbonyl (C=O) groups excluding carboxylic acids is 1. The van der Waals surface area contributed by atoms with E-state index in [1.54, 1.807) is 18.2 Å². The van der Waals surface area contributed by atoms with Gasteiger partial charge in [0.25, 0.3) is 5.89 Å². The van der Waals surface area contributed by atoms with Crippen LogP contribution >= 0.6 is 15.9 Å². The van der Waals surface area contributed by atoms with Crippen LogP contribution in [0.3, 0.4) is 0 Å². The van der Waals surface area contributed by atoms with Crippen molar-refractivity contribution in [3.63, 3.8) is 0 Å². The average Bonchev–Trinajstić information content (AvgIpc) is 3.28. The minimum absolute atomic E-state index is 0.0880. The van der Waals surface area contributed by atoms with Crippen LogP contribution in [0.4, 0.5) is 13.2 Å². The zero-order valence-electron chi connectivity index (χ0n) is 15.9. The molecule has 0 atom stereocenters. The van der Waals surface area contributed by atoms with Crippen LogP contribution in [0.2, 0.25) is 0 Å². The van der Waals surface area contributed by atoms with Crippen molar-refractivity contribution in [1.29, 1.82) is 0 Å².